The van der Waals surface area contributed by atoms with E-state index in [1.54, 1.807) is 7.11 Å². The summed E-state index contributed by atoms with van der Waals surface area (Å²) in [5.41, 5.74) is 0.690. The molecule has 0 aliphatic rings. The molecular formula is C12H13BrClN3O. The number of aromatic nitrogens is 2. The molecule has 2 aromatic rings. The highest BCUT2D eigenvalue weighted by atomic mass is 79.9. The third-order valence-corrected chi connectivity index (χ3v) is 3.21. The molecule has 4 nitrogen and oxygen atoms in total. The highest BCUT2D eigenvalue weighted by Crippen LogP contribution is 2.35. The molecule has 96 valence electrons. The van der Waals surface area contributed by atoms with Crippen LogP contribution in [0.5, 0.6) is 5.75 Å². The van der Waals surface area contributed by atoms with Gasteiger partial charge in [0.15, 0.2) is 0 Å². The smallest absolute Gasteiger partial charge is 0.225 e. The summed E-state index contributed by atoms with van der Waals surface area (Å²) in [5.74, 6) is 1.37. The maximum atomic E-state index is 5.96. The zero-order chi connectivity index (χ0) is 13.3. The van der Waals surface area contributed by atoms with Gasteiger partial charge in [-0.15, -0.1) is 0 Å². The van der Waals surface area contributed by atoms with Crippen LogP contribution in [0.4, 0.5) is 5.82 Å². The van der Waals surface area contributed by atoms with Crippen LogP contribution in [-0.2, 0) is 0 Å². The van der Waals surface area contributed by atoms with E-state index < -0.39 is 0 Å². The number of benzene rings is 1. The van der Waals surface area contributed by atoms with Crippen LogP contribution in [0.1, 0.15) is 13.8 Å². The first-order chi connectivity index (χ1) is 8.52. The van der Waals surface area contributed by atoms with E-state index >= 15 is 0 Å². The predicted octanol–water partition coefficient (Wildman–Crippen LogP) is 3.87. The van der Waals surface area contributed by atoms with Crippen LogP contribution in [0.2, 0.25) is 5.28 Å². The molecule has 0 aliphatic heterocycles. The minimum absolute atomic E-state index is 0.196. The van der Waals surface area contributed by atoms with Gasteiger partial charge in [0.2, 0.25) is 5.28 Å². The first-order valence-electron chi connectivity index (χ1n) is 5.49. The van der Waals surface area contributed by atoms with Gasteiger partial charge < -0.3 is 10.1 Å². The molecule has 0 fully saturated rings. The van der Waals surface area contributed by atoms with Crippen molar-refractivity contribution in [3.63, 3.8) is 0 Å². The van der Waals surface area contributed by atoms with Crippen LogP contribution in [0, 0.1) is 0 Å². The Morgan fingerprint density at radius 3 is 2.67 bits per heavy atom. The van der Waals surface area contributed by atoms with Crippen molar-refractivity contribution in [2.24, 2.45) is 0 Å². The molecule has 0 spiro atoms. The molecule has 0 aliphatic carbocycles. The number of hydrogen-bond acceptors (Lipinski definition) is 4. The Hall–Kier alpha value is -1.07. The van der Waals surface area contributed by atoms with E-state index in [0.29, 0.717) is 17.1 Å². The van der Waals surface area contributed by atoms with Crippen molar-refractivity contribution in [1.82, 2.24) is 9.97 Å². The highest BCUT2D eigenvalue weighted by molar-refractivity contribution is 9.10. The second-order valence-corrected chi connectivity index (χ2v) is 5.31. The number of rotatable bonds is 3. The average Bonchev–Trinajstić information content (AvgIpc) is 2.27. The average molecular weight is 331 g/mol. The van der Waals surface area contributed by atoms with Crippen LogP contribution in [0.25, 0.3) is 10.9 Å². The lowest BCUT2D eigenvalue weighted by Gasteiger charge is -2.14. The zero-order valence-electron chi connectivity index (χ0n) is 10.3. The van der Waals surface area contributed by atoms with Crippen molar-refractivity contribution in [1.29, 1.82) is 0 Å². The number of methoxy groups -OCH3 is 1. The molecule has 18 heavy (non-hydrogen) atoms. The SMILES string of the molecule is COc1ccc(Br)c2c(NC(C)C)nc(Cl)nc12. The van der Waals surface area contributed by atoms with Crippen molar-refractivity contribution in [2.45, 2.75) is 19.9 Å². The van der Waals surface area contributed by atoms with E-state index in [1.807, 2.05) is 26.0 Å². The molecule has 0 saturated heterocycles. The molecule has 0 unspecified atom stereocenters. The van der Waals surface area contributed by atoms with Gasteiger partial charge in [0.1, 0.15) is 17.1 Å². The standard InChI is InChI=1S/C12H13BrClN3O/c1-6(2)15-11-9-7(13)4-5-8(18-3)10(9)16-12(14)17-11/h4-6H,1-3H3,(H,15,16,17). The third kappa shape index (κ3) is 2.52. The van der Waals surface area contributed by atoms with E-state index in [0.717, 1.165) is 9.86 Å². The number of nitrogens with zero attached hydrogens (tertiary/aromatic N) is 2. The Balaban J connectivity index is 2.77. The maximum absolute atomic E-state index is 5.96. The normalized spacial score (nSPS) is 11.0. The Bertz CT molecular complexity index is 589. The van der Waals surface area contributed by atoms with Gasteiger partial charge in [0.05, 0.1) is 12.5 Å². The Kier molecular flexibility index (Phi) is 3.92. The van der Waals surface area contributed by atoms with Crippen molar-refractivity contribution in [2.75, 3.05) is 12.4 Å². The third-order valence-electron chi connectivity index (χ3n) is 2.38. The summed E-state index contributed by atoms with van der Waals surface area (Å²) in [6, 6.07) is 4.00. The molecule has 1 aromatic carbocycles. The molecule has 1 aromatic heterocycles. The summed E-state index contributed by atoms with van der Waals surface area (Å²) in [6.07, 6.45) is 0. The van der Waals surface area contributed by atoms with E-state index in [4.69, 9.17) is 16.3 Å². The van der Waals surface area contributed by atoms with Gasteiger partial charge >= 0.3 is 0 Å². The van der Waals surface area contributed by atoms with E-state index in [1.165, 1.54) is 0 Å². The molecular weight excluding hydrogens is 318 g/mol. The predicted molar refractivity (Wildman–Crippen MR) is 77.6 cm³/mol. The quantitative estimate of drug-likeness (QED) is 0.868. The van der Waals surface area contributed by atoms with Crippen molar-refractivity contribution in [3.05, 3.63) is 21.9 Å². The first kappa shape index (κ1) is 13.4. The van der Waals surface area contributed by atoms with Crippen molar-refractivity contribution >= 4 is 44.3 Å². The van der Waals surface area contributed by atoms with Crippen molar-refractivity contribution in [3.8, 4) is 5.75 Å². The molecule has 1 N–H and O–H groups in total. The molecule has 0 amide bonds. The summed E-state index contributed by atoms with van der Waals surface area (Å²) in [5, 5.41) is 4.32. The zero-order valence-corrected chi connectivity index (χ0v) is 12.6. The molecule has 0 saturated carbocycles. The second-order valence-electron chi connectivity index (χ2n) is 4.11. The van der Waals surface area contributed by atoms with E-state index in [2.05, 4.69) is 31.2 Å². The van der Waals surface area contributed by atoms with Gasteiger partial charge in [-0.05, 0) is 53.5 Å². The molecule has 6 heteroatoms. The molecule has 0 atom stereocenters. The van der Waals surface area contributed by atoms with Gasteiger partial charge in [0.25, 0.3) is 0 Å². The summed E-state index contributed by atoms with van der Waals surface area (Å²) < 4.78 is 6.20. The van der Waals surface area contributed by atoms with Gasteiger partial charge in [0, 0.05) is 10.5 Å². The maximum Gasteiger partial charge on any atom is 0.225 e. The minimum atomic E-state index is 0.196. The summed E-state index contributed by atoms with van der Waals surface area (Å²) in [4.78, 5) is 8.47. The topological polar surface area (TPSA) is 47.0 Å². The van der Waals surface area contributed by atoms with Gasteiger partial charge in [-0.2, -0.15) is 0 Å². The van der Waals surface area contributed by atoms with Gasteiger partial charge in [-0.3, -0.25) is 0 Å². The lowest BCUT2D eigenvalue weighted by atomic mass is 10.2. The summed E-state index contributed by atoms with van der Waals surface area (Å²) in [6.45, 7) is 4.08. The fraction of sp³-hybridized carbons (Fsp3) is 0.333. The van der Waals surface area contributed by atoms with E-state index in [-0.39, 0.29) is 11.3 Å². The summed E-state index contributed by atoms with van der Waals surface area (Å²) in [7, 11) is 1.61. The molecule has 0 bridgehead atoms. The van der Waals surface area contributed by atoms with Crippen LogP contribution in [0.15, 0.2) is 16.6 Å². The highest BCUT2D eigenvalue weighted by Gasteiger charge is 2.14. The van der Waals surface area contributed by atoms with Gasteiger partial charge in [-0.1, -0.05) is 0 Å². The van der Waals surface area contributed by atoms with E-state index in [9.17, 15) is 0 Å². The fourth-order valence-corrected chi connectivity index (χ4v) is 2.37. The lowest BCUT2D eigenvalue weighted by molar-refractivity contribution is 0.419. The number of nitrogens with one attached hydrogen (secondary N) is 1. The lowest BCUT2D eigenvalue weighted by Crippen LogP contribution is -2.12. The monoisotopic (exact) mass is 329 g/mol. The van der Waals surface area contributed by atoms with Crippen LogP contribution in [0.3, 0.4) is 0 Å². The molecule has 1 heterocycles. The molecule has 0 radical (unpaired) electrons. The summed E-state index contributed by atoms with van der Waals surface area (Å²) >= 11 is 9.46. The number of anilines is 1. The Morgan fingerprint density at radius 1 is 1.33 bits per heavy atom. The Morgan fingerprint density at radius 2 is 2.06 bits per heavy atom. The van der Waals surface area contributed by atoms with Crippen molar-refractivity contribution < 1.29 is 4.74 Å². The Labute approximate surface area is 119 Å². The minimum Gasteiger partial charge on any atom is -0.494 e. The van der Waals surface area contributed by atoms with Crippen LogP contribution < -0.4 is 10.1 Å². The first-order valence-corrected chi connectivity index (χ1v) is 6.66. The number of hydrogen-bond donors (Lipinski definition) is 1. The second kappa shape index (κ2) is 5.28. The largest absolute Gasteiger partial charge is 0.494 e. The van der Waals surface area contributed by atoms with Crippen LogP contribution in [-0.4, -0.2) is 23.1 Å². The van der Waals surface area contributed by atoms with Gasteiger partial charge in [-0.25, -0.2) is 9.97 Å². The fourth-order valence-electron chi connectivity index (χ4n) is 1.69. The molecule has 2 rings (SSSR count). The number of ether oxygens (including phenoxy) is 1. The number of fused-ring (bicyclic) bond motifs is 1. The van der Waals surface area contributed by atoms with Crippen LogP contribution >= 0.6 is 27.5 Å². The number of halogens is 2.